The molecule has 1 fully saturated rings. The predicted octanol–water partition coefficient (Wildman–Crippen LogP) is 3.44. The van der Waals surface area contributed by atoms with E-state index in [9.17, 15) is 0 Å². The van der Waals surface area contributed by atoms with E-state index in [2.05, 4.69) is 42.7 Å². The second-order valence-corrected chi connectivity index (χ2v) is 5.06. The fourth-order valence-electron chi connectivity index (χ4n) is 3.14. The molecule has 1 heterocycles. The van der Waals surface area contributed by atoms with E-state index >= 15 is 0 Å². The van der Waals surface area contributed by atoms with E-state index < -0.39 is 5.60 Å². The van der Waals surface area contributed by atoms with Gasteiger partial charge in [-0.3, -0.25) is 0 Å². The molecule has 0 aromatic heterocycles. The maximum Gasteiger partial charge on any atom is 0.122 e. The molecule has 1 saturated heterocycles. The summed E-state index contributed by atoms with van der Waals surface area (Å²) in [5, 5.41) is 3.29. The van der Waals surface area contributed by atoms with Gasteiger partial charge in [0.15, 0.2) is 0 Å². The van der Waals surface area contributed by atoms with E-state index in [1.54, 1.807) is 6.08 Å². The van der Waals surface area contributed by atoms with Crippen molar-refractivity contribution < 1.29 is 4.74 Å². The Morgan fingerprint density at radius 1 is 1.40 bits per heavy atom. The third-order valence-corrected chi connectivity index (χ3v) is 3.97. The highest BCUT2D eigenvalue weighted by Gasteiger charge is 2.47. The molecule has 1 aromatic carbocycles. The molecular formula is C18H23NO. The van der Waals surface area contributed by atoms with Gasteiger partial charge in [-0.2, -0.15) is 0 Å². The van der Waals surface area contributed by atoms with Gasteiger partial charge in [-0.15, -0.1) is 0 Å². The normalized spacial score (nSPS) is 26.4. The van der Waals surface area contributed by atoms with Gasteiger partial charge in [-0.25, -0.2) is 0 Å². The van der Waals surface area contributed by atoms with Crippen LogP contribution in [0.3, 0.4) is 0 Å². The van der Waals surface area contributed by atoms with E-state index in [0.717, 1.165) is 25.1 Å². The first-order valence-electron chi connectivity index (χ1n) is 7.09. The molecule has 1 aliphatic rings. The third kappa shape index (κ3) is 2.49. The van der Waals surface area contributed by atoms with Gasteiger partial charge >= 0.3 is 0 Å². The first-order chi connectivity index (χ1) is 9.79. The van der Waals surface area contributed by atoms with Crippen molar-refractivity contribution >= 4 is 0 Å². The highest BCUT2D eigenvalue weighted by atomic mass is 16.5. The standard InChI is InChI=1S/C18H23NO/c1-4-9-15(5-2)18(16-10-7-6-8-11-16)17(14-19-3)12-13-20-18/h4-11,17,19H,1-2,12-14H2,3H3/b15-9+. The topological polar surface area (TPSA) is 21.3 Å². The number of hydrogen-bond acceptors (Lipinski definition) is 2. The summed E-state index contributed by atoms with van der Waals surface area (Å²) in [6.07, 6.45) is 6.74. The number of allylic oxidation sites excluding steroid dienone is 2. The minimum Gasteiger partial charge on any atom is -0.365 e. The molecule has 0 amide bonds. The summed E-state index contributed by atoms with van der Waals surface area (Å²) >= 11 is 0. The van der Waals surface area contributed by atoms with E-state index in [-0.39, 0.29) is 0 Å². The van der Waals surface area contributed by atoms with Crippen LogP contribution in [-0.2, 0) is 10.3 Å². The lowest BCUT2D eigenvalue weighted by Crippen LogP contribution is -2.39. The zero-order valence-electron chi connectivity index (χ0n) is 12.1. The van der Waals surface area contributed by atoms with E-state index in [0.29, 0.717) is 5.92 Å². The molecule has 1 aromatic rings. The molecule has 0 saturated carbocycles. The number of rotatable bonds is 6. The van der Waals surface area contributed by atoms with Crippen LogP contribution in [0.15, 0.2) is 67.3 Å². The van der Waals surface area contributed by atoms with E-state index in [1.165, 1.54) is 5.56 Å². The molecule has 0 radical (unpaired) electrons. The first kappa shape index (κ1) is 14.8. The van der Waals surface area contributed by atoms with Crippen molar-refractivity contribution in [3.8, 4) is 0 Å². The van der Waals surface area contributed by atoms with Crippen LogP contribution in [0.1, 0.15) is 12.0 Å². The average molecular weight is 269 g/mol. The van der Waals surface area contributed by atoms with Crippen LogP contribution in [0.25, 0.3) is 0 Å². The zero-order valence-corrected chi connectivity index (χ0v) is 12.1. The van der Waals surface area contributed by atoms with Crippen LogP contribution in [0.2, 0.25) is 0 Å². The van der Waals surface area contributed by atoms with Crippen molar-refractivity contribution in [2.75, 3.05) is 20.2 Å². The third-order valence-electron chi connectivity index (χ3n) is 3.97. The Hall–Kier alpha value is -1.64. The SMILES string of the molecule is C=C/C=C(\C=C)C1(c2ccccc2)OCCC1CNC. The van der Waals surface area contributed by atoms with Crippen LogP contribution in [0.5, 0.6) is 0 Å². The Labute approximate surface area is 121 Å². The van der Waals surface area contributed by atoms with Gasteiger partial charge in [-0.1, -0.05) is 61.7 Å². The Bertz CT molecular complexity index is 491. The second kappa shape index (κ2) is 6.69. The Kier molecular flexibility index (Phi) is 4.94. The highest BCUT2D eigenvalue weighted by molar-refractivity contribution is 5.42. The summed E-state index contributed by atoms with van der Waals surface area (Å²) in [4.78, 5) is 0. The largest absolute Gasteiger partial charge is 0.365 e. The van der Waals surface area contributed by atoms with Crippen LogP contribution in [0.4, 0.5) is 0 Å². The molecule has 2 heteroatoms. The van der Waals surface area contributed by atoms with Gasteiger partial charge in [0, 0.05) is 19.1 Å². The number of benzene rings is 1. The summed E-state index contributed by atoms with van der Waals surface area (Å²) in [7, 11) is 1.98. The number of ether oxygens (including phenoxy) is 1. The maximum absolute atomic E-state index is 6.27. The molecule has 2 rings (SSSR count). The first-order valence-corrected chi connectivity index (χ1v) is 7.09. The summed E-state index contributed by atoms with van der Waals surface area (Å²) in [5.41, 5.74) is 1.85. The van der Waals surface area contributed by atoms with Gasteiger partial charge < -0.3 is 10.1 Å². The van der Waals surface area contributed by atoms with E-state index in [4.69, 9.17) is 4.74 Å². The molecule has 0 spiro atoms. The summed E-state index contributed by atoms with van der Waals surface area (Å²) < 4.78 is 6.27. The molecule has 1 aliphatic heterocycles. The zero-order chi connectivity index (χ0) is 14.4. The molecule has 0 bridgehead atoms. The Morgan fingerprint density at radius 2 is 2.15 bits per heavy atom. The van der Waals surface area contributed by atoms with Crippen molar-refractivity contribution in [1.82, 2.24) is 5.32 Å². The molecule has 20 heavy (non-hydrogen) atoms. The predicted molar refractivity (Wildman–Crippen MR) is 84.6 cm³/mol. The van der Waals surface area contributed by atoms with Crippen LogP contribution in [0, 0.1) is 5.92 Å². The smallest absolute Gasteiger partial charge is 0.122 e. The van der Waals surface area contributed by atoms with Crippen molar-refractivity contribution in [3.63, 3.8) is 0 Å². The van der Waals surface area contributed by atoms with Crippen LogP contribution < -0.4 is 5.32 Å². The minimum absolute atomic E-state index is 0.388. The molecule has 0 aliphatic carbocycles. The molecule has 1 N–H and O–H groups in total. The fourth-order valence-corrected chi connectivity index (χ4v) is 3.14. The Morgan fingerprint density at radius 3 is 2.75 bits per heavy atom. The quantitative estimate of drug-likeness (QED) is 0.799. The van der Waals surface area contributed by atoms with Crippen LogP contribution >= 0.6 is 0 Å². The van der Waals surface area contributed by atoms with Crippen molar-refractivity contribution in [3.05, 3.63) is 72.9 Å². The van der Waals surface area contributed by atoms with Crippen molar-refractivity contribution in [1.29, 1.82) is 0 Å². The highest BCUT2D eigenvalue weighted by Crippen LogP contribution is 2.46. The summed E-state index contributed by atoms with van der Waals surface area (Å²) in [6, 6.07) is 10.4. The fraction of sp³-hybridized carbons (Fsp3) is 0.333. The summed E-state index contributed by atoms with van der Waals surface area (Å²) in [5.74, 6) is 0.388. The lowest BCUT2D eigenvalue weighted by molar-refractivity contribution is 0.00995. The lowest BCUT2D eigenvalue weighted by Gasteiger charge is -2.36. The van der Waals surface area contributed by atoms with Crippen LogP contribution in [-0.4, -0.2) is 20.2 Å². The Balaban J connectivity index is 2.56. The molecule has 2 atom stereocenters. The molecular weight excluding hydrogens is 246 g/mol. The van der Waals surface area contributed by atoms with Gasteiger partial charge in [0.25, 0.3) is 0 Å². The summed E-state index contributed by atoms with van der Waals surface area (Å²) in [6.45, 7) is 9.47. The molecule has 2 unspecified atom stereocenters. The number of nitrogens with one attached hydrogen (secondary N) is 1. The monoisotopic (exact) mass is 269 g/mol. The van der Waals surface area contributed by atoms with Gasteiger partial charge in [0.2, 0.25) is 0 Å². The minimum atomic E-state index is -0.416. The molecule has 106 valence electrons. The van der Waals surface area contributed by atoms with Crippen molar-refractivity contribution in [2.45, 2.75) is 12.0 Å². The van der Waals surface area contributed by atoms with Gasteiger partial charge in [0.05, 0.1) is 0 Å². The average Bonchev–Trinajstić information content (AvgIpc) is 2.91. The van der Waals surface area contributed by atoms with E-state index in [1.807, 2.05) is 25.3 Å². The van der Waals surface area contributed by atoms with Gasteiger partial charge in [-0.05, 0) is 24.6 Å². The lowest BCUT2D eigenvalue weighted by atomic mass is 9.75. The number of hydrogen-bond donors (Lipinski definition) is 1. The van der Waals surface area contributed by atoms with Gasteiger partial charge in [0.1, 0.15) is 5.60 Å². The molecule has 2 nitrogen and oxygen atoms in total. The van der Waals surface area contributed by atoms with Crippen molar-refractivity contribution in [2.24, 2.45) is 5.92 Å². The second-order valence-electron chi connectivity index (χ2n) is 5.06. The maximum atomic E-state index is 6.27.